The average Bonchev–Trinajstić information content (AvgIpc) is 2.82. The minimum Gasteiger partial charge on any atom is -0.477 e. The van der Waals surface area contributed by atoms with Crippen LogP contribution in [0, 0.1) is 21.4 Å². The van der Waals surface area contributed by atoms with Gasteiger partial charge in [-0.1, -0.05) is 35.6 Å². The Labute approximate surface area is 112 Å². The van der Waals surface area contributed by atoms with Crippen LogP contribution in [-0.2, 0) is 4.79 Å². The van der Waals surface area contributed by atoms with Crippen LogP contribution in [-0.4, -0.2) is 16.0 Å². The molecule has 0 radical (unpaired) electrons. The summed E-state index contributed by atoms with van der Waals surface area (Å²) in [4.78, 5) is 20.5. The van der Waals surface area contributed by atoms with Gasteiger partial charge < -0.3 is 5.11 Å². The van der Waals surface area contributed by atoms with Gasteiger partial charge in [0.1, 0.15) is 11.6 Å². The molecule has 96 valence electrons. The molecule has 0 atom stereocenters. The standard InChI is InChI=1S/C12H8N2O4S/c13-7-10(12(15)16)5-3-1-2-4-9-6-11(14(17)18)19-8-9/h1-6,8H,(H,15,16). The Balaban J connectivity index is 2.66. The van der Waals surface area contributed by atoms with E-state index >= 15 is 0 Å². The normalized spacial score (nSPS) is 11.8. The predicted molar refractivity (Wildman–Crippen MR) is 70.5 cm³/mol. The number of nitro groups is 1. The molecule has 0 fully saturated rings. The van der Waals surface area contributed by atoms with Crippen LogP contribution in [0.4, 0.5) is 5.00 Å². The summed E-state index contributed by atoms with van der Waals surface area (Å²) < 4.78 is 0. The summed E-state index contributed by atoms with van der Waals surface area (Å²) in [7, 11) is 0. The lowest BCUT2D eigenvalue weighted by molar-refractivity contribution is -0.380. The molecule has 19 heavy (non-hydrogen) atoms. The van der Waals surface area contributed by atoms with E-state index in [0.29, 0.717) is 5.56 Å². The van der Waals surface area contributed by atoms with E-state index in [0.717, 1.165) is 11.3 Å². The van der Waals surface area contributed by atoms with Crippen LogP contribution in [0.2, 0.25) is 0 Å². The van der Waals surface area contributed by atoms with Crippen molar-refractivity contribution in [1.29, 1.82) is 5.26 Å². The molecule has 1 aromatic rings. The molecule has 0 saturated heterocycles. The van der Waals surface area contributed by atoms with Gasteiger partial charge in [0.2, 0.25) is 0 Å². The number of hydrogen-bond donors (Lipinski definition) is 1. The molecule has 6 nitrogen and oxygen atoms in total. The van der Waals surface area contributed by atoms with Crippen LogP contribution in [0.3, 0.4) is 0 Å². The molecule has 7 heteroatoms. The third kappa shape index (κ3) is 4.57. The van der Waals surface area contributed by atoms with Crippen molar-refractivity contribution in [2.75, 3.05) is 0 Å². The van der Waals surface area contributed by atoms with Gasteiger partial charge in [0, 0.05) is 11.4 Å². The molecule has 0 saturated carbocycles. The Kier molecular flexibility index (Phi) is 5.19. The van der Waals surface area contributed by atoms with Gasteiger partial charge in [-0.3, -0.25) is 10.1 Å². The fourth-order valence-corrected chi connectivity index (χ4v) is 1.75. The number of rotatable bonds is 5. The number of carbonyl (C=O) groups is 1. The Morgan fingerprint density at radius 1 is 1.47 bits per heavy atom. The number of nitrogens with zero attached hydrogens (tertiary/aromatic N) is 2. The van der Waals surface area contributed by atoms with E-state index in [2.05, 4.69) is 0 Å². The minimum atomic E-state index is -1.29. The maximum absolute atomic E-state index is 10.5. The Morgan fingerprint density at radius 3 is 2.74 bits per heavy atom. The van der Waals surface area contributed by atoms with Gasteiger partial charge in [0.15, 0.2) is 0 Å². The van der Waals surface area contributed by atoms with Gasteiger partial charge in [-0.15, -0.1) is 0 Å². The second kappa shape index (κ2) is 6.88. The summed E-state index contributed by atoms with van der Waals surface area (Å²) in [6.45, 7) is 0. The van der Waals surface area contributed by atoms with E-state index in [9.17, 15) is 14.9 Å². The fraction of sp³-hybridized carbons (Fsp3) is 0. The Morgan fingerprint density at radius 2 is 2.21 bits per heavy atom. The molecule has 0 spiro atoms. The maximum Gasteiger partial charge on any atom is 0.346 e. The average molecular weight is 276 g/mol. The zero-order valence-electron chi connectivity index (χ0n) is 9.52. The number of hydrogen-bond acceptors (Lipinski definition) is 5. The van der Waals surface area contributed by atoms with Gasteiger partial charge >= 0.3 is 11.0 Å². The number of allylic oxidation sites excluding steroid dienone is 4. The van der Waals surface area contributed by atoms with E-state index in [4.69, 9.17) is 10.4 Å². The predicted octanol–water partition coefficient (Wildman–Crippen LogP) is 2.76. The first kappa shape index (κ1) is 14.3. The summed E-state index contributed by atoms with van der Waals surface area (Å²) in [6, 6.07) is 2.97. The number of carboxylic acids is 1. The quantitative estimate of drug-likeness (QED) is 0.293. The first-order chi connectivity index (χ1) is 9.04. The molecule has 0 unspecified atom stereocenters. The minimum absolute atomic E-state index is 0.0566. The van der Waals surface area contributed by atoms with E-state index in [1.54, 1.807) is 17.5 Å². The van der Waals surface area contributed by atoms with E-state index < -0.39 is 10.9 Å². The highest BCUT2D eigenvalue weighted by molar-refractivity contribution is 7.13. The summed E-state index contributed by atoms with van der Waals surface area (Å²) in [5.41, 5.74) is 0.319. The maximum atomic E-state index is 10.5. The lowest BCUT2D eigenvalue weighted by Gasteiger charge is -1.84. The van der Waals surface area contributed by atoms with Crippen molar-refractivity contribution in [2.24, 2.45) is 0 Å². The number of aliphatic carboxylic acids is 1. The molecule has 0 aliphatic rings. The van der Waals surface area contributed by atoms with Crippen molar-refractivity contribution in [2.45, 2.75) is 0 Å². The molecule has 0 bridgehead atoms. The van der Waals surface area contributed by atoms with Crippen LogP contribution in [0.5, 0.6) is 0 Å². The second-order valence-electron chi connectivity index (χ2n) is 3.22. The van der Waals surface area contributed by atoms with Crippen molar-refractivity contribution >= 4 is 28.4 Å². The van der Waals surface area contributed by atoms with Crippen LogP contribution in [0.15, 0.2) is 41.3 Å². The van der Waals surface area contributed by atoms with Crippen LogP contribution >= 0.6 is 11.3 Å². The number of nitriles is 1. The third-order valence-electron chi connectivity index (χ3n) is 1.91. The summed E-state index contributed by atoms with van der Waals surface area (Å²) >= 11 is 1.03. The Bertz CT molecular complexity index is 620. The zero-order valence-corrected chi connectivity index (χ0v) is 10.3. The third-order valence-corrected chi connectivity index (χ3v) is 2.81. The van der Waals surface area contributed by atoms with E-state index in [1.807, 2.05) is 0 Å². The molecule has 1 rings (SSSR count). The lowest BCUT2D eigenvalue weighted by Crippen LogP contribution is -1.96. The van der Waals surface area contributed by atoms with Crippen molar-refractivity contribution in [3.63, 3.8) is 0 Å². The van der Waals surface area contributed by atoms with Gasteiger partial charge in [-0.25, -0.2) is 4.79 Å². The van der Waals surface area contributed by atoms with Gasteiger partial charge in [0.25, 0.3) is 0 Å². The summed E-state index contributed by atoms with van der Waals surface area (Å²) in [5.74, 6) is -1.29. The van der Waals surface area contributed by atoms with E-state index in [-0.39, 0.29) is 10.6 Å². The molecule has 0 aliphatic heterocycles. The summed E-state index contributed by atoms with van der Waals surface area (Å²) in [6.07, 6.45) is 7.34. The highest BCUT2D eigenvalue weighted by Gasteiger charge is 2.07. The van der Waals surface area contributed by atoms with Crippen LogP contribution in [0.25, 0.3) is 6.08 Å². The molecule has 0 amide bonds. The van der Waals surface area contributed by atoms with Gasteiger partial charge in [-0.2, -0.15) is 5.26 Å². The molecule has 1 heterocycles. The topological polar surface area (TPSA) is 104 Å². The monoisotopic (exact) mass is 276 g/mol. The highest BCUT2D eigenvalue weighted by atomic mass is 32.1. The smallest absolute Gasteiger partial charge is 0.346 e. The second-order valence-corrected chi connectivity index (χ2v) is 4.11. The van der Waals surface area contributed by atoms with E-state index in [1.165, 1.54) is 30.4 Å². The van der Waals surface area contributed by atoms with Crippen LogP contribution in [0.1, 0.15) is 5.56 Å². The highest BCUT2D eigenvalue weighted by Crippen LogP contribution is 2.23. The van der Waals surface area contributed by atoms with Crippen molar-refractivity contribution in [3.8, 4) is 6.07 Å². The van der Waals surface area contributed by atoms with Gasteiger partial charge in [0.05, 0.1) is 4.92 Å². The van der Waals surface area contributed by atoms with Crippen LogP contribution < -0.4 is 0 Å². The molecule has 0 aliphatic carbocycles. The first-order valence-electron chi connectivity index (χ1n) is 4.96. The first-order valence-corrected chi connectivity index (χ1v) is 5.84. The molecule has 0 aromatic carbocycles. The lowest BCUT2D eigenvalue weighted by atomic mass is 10.2. The number of thiophene rings is 1. The Hall–Kier alpha value is -2.72. The zero-order chi connectivity index (χ0) is 14.3. The SMILES string of the molecule is N#CC(=CC=CC=Cc1csc([N+](=O)[O-])c1)C(=O)O. The van der Waals surface area contributed by atoms with Crippen molar-refractivity contribution in [3.05, 3.63) is 57.0 Å². The number of carboxylic acid groups (broad SMARTS) is 1. The molecular weight excluding hydrogens is 268 g/mol. The molecule has 1 N–H and O–H groups in total. The fourth-order valence-electron chi connectivity index (χ4n) is 1.06. The van der Waals surface area contributed by atoms with Crippen molar-refractivity contribution < 1.29 is 14.8 Å². The molecular formula is C12H8N2O4S. The van der Waals surface area contributed by atoms with Crippen molar-refractivity contribution in [1.82, 2.24) is 0 Å². The van der Waals surface area contributed by atoms with Gasteiger partial charge in [-0.05, 0) is 11.6 Å². The summed E-state index contributed by atoms with van der Waals surface area (Å²) in [5, 5.41) is 29.2. The molecule has 1 aromatic heterocycles. The largest absolute Gasteiger partial charge is 0.477 e.